The maximum Gasteiger partial charge on any atom is 0.220 e. The number of rotatable bonds is 63. The summed E-state index contributed by atoms with van der Waals surface area (Å²) < 4.78 is 34.4. The van der Waals surface area contributed by atoms with Crippen LogP contribution >= 0.6 is 0 Å². The van der Waals surface area contributed by atoms with Crippen molar-refractivity contribution in [2.24, 2.45) is 0 Å². The van der Waals surface area contributed by atoms with Crippen LogP contribution in [0, 0.1) is 0 Å². The average molecular weight is 1390 g/mol. The number of hydrogen-bond donors (Lipinski definition) is 12. The molecular weight excluding hydrogens is 1240 g/mol. The van der Waals surface area contributed by atoms with Gasteiger partial charge >= 0.3 is 0 Å². The maximum atomic E-state index is 13.5. The third kappa shape index (κ3) is 40.0. The van der Waals surface area contributed by atoms with Crippen LogP contribution in [0.15, 0.2) is 36.5 Å². The van der Waals surface area contributed by atoms with Crippen LogP contribution in [0.5, 0.6) is 0 Å². The molecule has 0 saturated carbocycles. The number of carbonyl (C=O) groups excluding carboxylic acids is 1. The van der Waals surface area contributed by atoms with Crippen LogP contribution < -0.4 is 5.32 Å². The zero-order valence-corrected chi connectivity index (χ0v) is 60.8. The van der Waals surface area contributed by atoms with Crippen molar-refractivity contribution >= 4 is 5.91 Å². The van der Waals surface area contributed by atoms with E-state index in [4.69, 9.17) is 28.4 Å². The van der Waals surface area contributed by atoms with E-state index in [0.29, 0.717) is 12.8 Å². The second-order valence-electron chi connectivity index (χ2n) is 28.5. The first-order valence-corrected chi connectivity index (χ1v) is 39.7. The van der Waals surface area contributed by atoms with Crippen LogP contribution in [0.1, 0.15) is 322 Å². The van der Waals surface area contributed by atoms with Gasteiger partial charge < -0.3 is 89.9 Å². The topological polar surface area (TPSA) is 307 Å². The molecule has 97 heavy (non-hydrogen) atoms. The van der Waals surface area contributed by atoms with Gasteiger partial charge in [-0.05, 0) is 57.8 Å². The molecule has 17 unspecified atom stereocenters. The van der Waals surface area contributed by atoms with Crippen LogP contribution in [-0.4, -0.2) is 193 Å². The van der Waals surface area contributed by atoms with E-state index < -0.39 is 124 Å². The summed E-state index contributed by atoms with van der Waals surface area (Å²) in [5, 5.41) is 121. The van der Waals surface area contributed by atoms with Gasteiger partial charge in [-0.3, -0.25) is 4.79 Å². The molecule has 12 N–H and O–H groups in total. The molecule has 570 valence electrons. The zero-order chi connectivity index (χ0) is 70.4. The van der Waals surface area contributed by atoms with E-state index in [-0.39, 0.29) is 18.9 Å². The van der Waals surface area contributed by atoms with Crippen LogP contribution in [0.25, 0.3) is 0 Å². The van der Waals surface area contributed by atoms with Gasteiger partial charge in [0, 0.05) is 6.42 Å². The molecule has 0 aromatic heterocycles. The molecule has 0 spiro atoms. The number of amides is 1. The van der Waals surface area contributed by atoms with E-state index in [1.165, 1.54) is 250 Å². The highest BCUT2D eigenvalue weighted by atomic mass is 16.8. The molecule has 0 bridgehead atoms. The summed E-state index contributed by atoms with van der Waals surface area (Å²) in [4.78, 5) is 13.5. The third-order valence-electron chi connectivity index (χ3n) is 19.9. The van der Waals surface area contributed by atoms with Crippen LogP contribution in [0.4, 0.5) is 0 Å². The number of aliphatic hydroxyl groups excluding tert-OH is 11. The standard InChI is InChI=1S/C78H145NO18/c1-3-5-7-9-11-13-15-17-19-21-23-25-27-28-29-30-31-32-34-35-37-39-41-43-45-47-49-51-53-55-62(83)61(79-66(84)56-54-52-50-48-46-44-42-40-38-36-33-26-24-22-20-18-16-14-12-10-8-6-4-2)60-92-76-72(90)69(87)74(64(58-81)94-76)97-78-73(91)70(88)75(65(59-82)95-78)96-77-71(89)68(86)67(85)63(57-80)93-77/h22,24,45,47,53,55,61-65,67-78,80-83,85-91H,3-21,23,25-44,46,48-52,54,56-60H2,1-2H3,(H,79,84)/b24-22-,47-45+,55-53+. The Morgan fingerprint density at radius 2 is 0.660 bits per heavy atom. The maximum absolute atomic E-state index is 13.5. The molecule has 3 saturated heterocycles. The summed E-state index contributed by atoms with van der Waals surface area (Å²) in [6.45, 7) is 1.76. The molecule has 1 amide bonds. The average Bonchev–Trinajstić information content (AvgIpc) is 0.826. The van der Waals surface area contributed by atoms with Gasteiger partial charge in [0.25, 0.3) is 0 Å². The lowest BCUT2D eigenvalue weighted by molar-refractivity contribution is -0.379. The normalized spacial score (nSPS) is 27.0. The van der Waals surface area contributed by atoms with Crippen molar-refractivity contribution in [1.29, 1.82) is 0 Å². The van der Waals surface area contributed by atoms with Crippen LogP contribution in [0.3, 0.4) is 0 Å². The van der Waals surface area contributed by atoms with E-state index in [9.17, 15) is 61.0 Å². The molecule has 0 radical (unpaired) electrons. The number of allylic oxidation sites excluding steroid dienone is 5. The quantitative estimate of drug-likeness (QED) is 0.0199. The first-order chi connectivity index (χ1) is 47.3. The van der Waals surface area contributed by atoms with Gasteiger partial charge in [-0.2, -0.15) is 0 Å². The van der Waals surface area contributed by atoms with Crippen molar-refractivity contribution in [3.8, 4) is 0 Å². The predicted molar refractivity (Wildman–Crippen MR) is 383 cm³/mol. The highest BCUT2D eigenvalue weighted by molar-refractivity contribution is 5.76. The van der Waals surface area contributed by atoms with Crippen LogP contribution in [-0.2, 0) is 33.2 Å². The fourth-order valence-corrected chi connectivity index (χ4v) is 13.5. The van der Waals surface area contributed by atoms with Gasteiger partial charge in [-0.1, -0.05) is 294 Å². The lowest BCUT2D eigenvalue weighted by Crippen LogP contribution is -2.66. The summed E-state index contributed by atoms with van der Waals surface area (Å²) >= 11 is 0. The van der Waals surface area contributed by atoms with E-state index in [2.05, 4.69) is 43.5 Å². The summed E-state index contributed by atoms with van der Waals surface area (Å²) in [5.74, 6) is -0.282. The molecule has 3 aliphatic heterocycles. The zero-order valence-electron chi connectivity index (χ0n) is 60.8. The second-order valence-corrected chi connectivity index (χ2v) is 28.5. The molecule has 3 rings (SSSR count). The predicted octanol–water partition coefficient (Wildman–Crippen LogP) is 12.7. The van der Waals surface area contributed by atoms with Gasteiger partial charge in [0.05, 0.1) is 38.6 Å². The van der Waals surface area contributed by atoms with Gasteiger partial charge in [0.15, 0.2) is 18.9 Å². The van der Waals surface area contributed by atoms with Crippen LogP contribution in [0.2, 0.25) is 0 Å². The van der Waals surface area contributed by atoms with Crippen molar-refractivity contribution in [3.63, 3.8) is 0 Å². The Bertz CT molecular complexity index is 1900. The molecule has 19 nitrogen and oxygen atoms in total. The van der Waals surface area contributed by atoms with Crippen molar-refractivity contribution in [1.82, 2.24) is 5.32 Å². The summed E-state index contributed by atoms with van der Waals surface area (Å²) in [6, 6.07) is -0.991. The molecule has 3 heterocycles. The summed E-state index contributed by atoms with van der Waals surface area (Å²) in [5.41, 5.74) is 0. The lowest BCUT2D eigenvalue weighted by atomic mass is 9.96. The first-order valence-electron chi connectivity index (χ1n) is 39.7. The lowest BCUT2D eigenvalue weighted by Gasteiger charge is -2.48. The number of hydrogen-bond acceptors (Lipinski definition) is 18. The van der Waals surface area contributed by atoms with Crippen molar-refractivity contribution in [2.75, 3.05) is 26.4 Å². The molecule has 0 aliphatic carbocycles. The van der Waals surface area contributed by atoms with Gasteiger partial charge in [-0.25, -0.2) is 0 Å². The monoisotopic (exact) mass is 1380 g/mol. The number of carbonyl (C=O) groups is 1. The highest BCUT2D eigenvalue weighted by Crippen LogP contribution is 2.33. The summed E-state index contributed by atoms with van der Waals surface area (Å²) in [7, 11) is 0. The fourth-order valence-electron chi connectivity index (χ4n) is 13.5. The van der Waals surface area contributed by atoms with E-state index in [1.54, 1.807) is 6.08 Å². The van der Waals surface area contributed by atoms with Gasteiger partial charge in [-0.15, -0.1) is 0 Å². The molecule has 19 heteroatoms. The molecule has 0 aromatic carbocycles. The van der Waals surface area contributed by atoms with E-state index in [0.717, 1.165) is 38.5 Å². The minimum absolute atomic E-state index is 0.236. The number of aliphatic hydroxyl groups is 11. The smallest absolute Gasteiger partial charge is 0.220 e. The minimum atomic E-state index is -1.98. The molecular formula is C78H145NO18. The summed E-state index contributed by atoms with van der Waals surface area (Å²) in [6.07, 6.45) is 45.6. The third-order valence-corrected chi connectivity index (χ3v) is 19.9. The number of ether oxygens (including phenoxy) is 6. The SMILES string of the molecule is CCCCCCCCCC/C=C\CCCCCCCCCCCCCC(=O)NC(COC1OC(CO)C(OC2OC(CO)C(OC3OC(CO)C(O)C(O)C3O)C(O)C2O)C(O)C1O)C(O)/C=C/CC/C=C/CCCCCCCCCCCCCCCCCCCCCCCCC. The molecule has 3 fully saturated rings. The fraction of sp³-hybridized carbons (Fsp3) is 0.910. The Balaban J connectivity index is 1.40. The Morgan fingerprint density at radius 1 is 0.361 bits per heavy atom. The number of nitrogens with one attached hydrogen (secondary N) is 1. The Morgan fingerprint density at radius 3 is 1.03 bits per heavy atom. The highest BCUT2D eigenvalue weighted by Gasteiger charge is 2.53. The first kappa shape index (κ1) is 89.2. The van der Waals surface area contributed by atoms with Gasteiger partial charge in [0.1, 0.15) is 73.2 Å². The second kappa shape index (κ2) is 59.4. The van der Waals surface area contributed by atoms with E-state index in [1.807, 2.05) is 6.08 Å². The Hall–Kier alpha value is -1.99. The van der Waals surface area contributed by atoms with Crippen molar-refractivity contribution in [2.45, 2.75) is 426 Å². The molecule has 0 aromatic rings. The van der Waals surface area contributed by atoms with Gasteiger partial charge in [0.2, 0.25) is 5.91 Å². The van der Waals surface area contributed by atoms with E-state index >= 15 is 0 Å². The molecule has 17 atom stereocenters. The number of unbranched alkanes of at least 4 members (excludes halogenated alkanes) is 43. The Kier molecular flexibility index (Phi) is 54.6. The minimum Gasteiger partial charge on any atom is -0.394 e. The largest absolute Gasteiger partial charge is 0.394 e. The van der Waals surface area contributed by atoms with Crippen molar-refractivity contribution < 1.29 is 89.4 Å². The molecule has 3 aliphatic rings. The van der Waals surface area contributed by atoms with Crippen molar-refractivity contribution in [3.05, 3.63) is 36.5 Å². The Labute approximate surface area is 587 Å².